The second kappa shape index (κ2) is 4.03. The van der Waals surface area contributed by atoms with Gasteiger partial charge in [0.15, 0.2) is 0 Å². The van der Waals surface area contributed by atoms with Crippen LogP contribution < -0.4 is 11.1 Å². The Balaban J connectivity index is 2.27. The number of rotatable bonds is 2. The maximum absolute atomic E-state index is 8.69. The fraction of sp³-hybridized carbons (Fsp3) is 0. The summed E-state index contributed by atoms with van der Waals surface area (Å²) in [7, 11) is 0. The Hall–Kier alpha value is -1.99. The van der Waals surface area contributed by atoms with Gasteiger partial charge in [0, 0.05) is 0 Å². The van der Waals surface area contributed by atoms with Crippen molar-refractivity contribution in [3.05, 3.63) is 41.3 Å². The van der Waals surface area contributed by atoms with Crippen LogP contribution in [0.15, 0.2) is 35.7 Å². The fourth-order valence-electron chi connectivity index (χ4n) is 1.23. The molecule has 3 N–H and O–H groups in total. The minimum atomic E-state index is 0.573. The third kappa shape index (κ3) is 2.09. The largest absolute Gasteiger partial charge is 0.397 e. The Kier molecular flexibility index (Phi) is 2.57. The first-order chi connectivity index (χ1) is 7.29. The summed E-state index contributed by atoms with van der Waals surface area (Å²) in [6.07, 6.45) is 0. The van der Waals surface area contributed by atoms with Gasteiger partial charge in [0.1, 0.15) is 0 Å². The smallest absolute Gasteiger partial charge is 0.0992 e. The highest BCUT2D eigenvalue weighted by Gasteiger charge is 2.01. The van der Waals surface area contributed by atoms with E-state index in [9.17, 15) is 0 Å². The quantitative estimate of drug-likeness (QED) is 0.757. The van der Waals surface area contributed by atoms with Gasteiger partial charge in [-0.3, -0.25) is 0 Å². The number of nitriles is 1. The molecular weight excluding hydrogens is 206 g/mol. The zero-order valence-electron chi connectivity index (χ0n) is 7.90. The van der Waals surface area contributed by atoms with Crippen LogP contribution in [0.4, 0.5) is 16.4 Å². The van der Waals surface area contributed by atoms with Gasteiger partial charge in [-0.25, -0.2) is 0 Å². The molecule has 15 heavy (non-hydrogen) atoms. The van der Waals surface area contributed by atoms with E-state index in [4.69, 9.17) is 11.0 Å². The van der Waals surface area contributed by atoms with Crippen LogP contribution in [-0.4, -0.2) is 0 Å². The van der Waals surface area contributed by atoms with Crippen molar-refractivity contribution in [3.8, 4) is 6.07 Å². The second-order valence-corrected chi connectivity index (χ2v) is 3.96. The third-order valence-electron chi connectivity index (χ3n) is 1.96. The minimum Gasteiger partial charge on any atom is -0.397 e. The highest BCUT2D eigenvalue weighted by molar-refractivity contribution is 7.14. The van der Waals surface area contributed by atoms with Crippen molar-refractivity contribution in [3.63, 3.8) is 0 Å². The van der Waals surface area contributed by atoms with Gasteiger partial charge in [-0.05, 0) is 35.7 Å². The van der Waals surface area contributed by atoms with E-state index in [-0.39, 0.29) is 0 Å². The highest BCUT2D eigenvalue weighted by Crippen LogP contribution is 2.26. The lowest BCUT2D eigenvalue weighted by molar-refractivity contribution is 1.48. The minimum absolute atomic E-state index is 0.573. The van der Waals surface area contributed by atoms with Crippen LogP contribution in [-0.2, 0) is 0 Å². The number of nitrogens with one attached hydrogen (secondary N) is 1. The van der Waals surface area contributed by atoms with Crippen LogP contribution in [0.1, 0.15) is 5.56 Å². The Bertz CT molecular complexity index is 497. The average molecular weight is 215 g/mol. The molecule has 0 atom stereocenters. The molecule has 0 fully saturated rings. The molecule has 2 rings (SSSR count). The highest BCUT2D eigenvalue weighted by atomic mass is 32.1. The Labute approximate surface area is 91.8 Å². The van der Waals surface area contributed by atoms with Crippen LogP contribution in [0.25, 0.3) is 0 Å². The molecule has 0 amide bonds. The topological polar surface area (TPSA) is 61.8 Å². The molecule has 0 radical (unpaired) electrons. The summed E-state index contributed by atoms with van der Waals surface area (Å²) < 4.78 is 0. The number of nitrogens with zero attached hydrogens (tertiary/aromatic N) is 1. The third-order valence-corrected chi connectivity index (χ3v) is 2.75. The van der Waals surface area contributed by atoms with Gasteiger partial charge in [0.05, 0.1) is 28.0 Å². The van der Waals surface area contributed by atoms with Crippen LogP contribution in [0.5, 0.6) is 0 Å². The van der Waals surface area contributed by atoms with Gasteiger partial charge in [-0.1, -0.05) is 0 Å². The van der Waals surface area contributed by atoms with Crippen molar-refractivity contribution in [2.24, 2.45) is 0 Å². The van der Waals surface area contributed by atoms with Crippen molar-refractivity contribution in [2.75, 3.05) is 11.1 Å². The number of nitrogen functional groups attached to an aromatic ring is 1. The van der Waals surface area contributed by atoms with Crippen molar-refractivity contribution in [2.45, 2.75) is 0 Å². The van der Waals surface area contributed by atoms with Crippen LogP contribution >= 0.6 is 11.3 Å². The first kappa shape index (κ1) is 9.56. The Morgan fingerprint density at radius 3 is 2.80 bits per heavy atom. The van der Waals surface area contributed by atoms with Gasteiger partial charge in [-0.2, -0.15) is 5.26 Å². The number of benzene rings is 1. The normalized spacial score (nSPS) is 9.53. The molecule has 1 aromatic carbocycles. The van der Waals surface area contributed by atoms with E-state index >= 15 is 0 Å². The number of hydrogen-bond donors (Lipinski definition) is 2. The van der Waals surface area contributed by atoms with E-state index in [1.54, 1.807) is 23.5 Å². The van der Waals surface area contributed by atoms with Gasteiger partial charge in [0.2, 0.25) is 0 Å². The lowest BCUT2D eigenvalue weighted by Crippen LogP contribution is -1.95. The van der Waals surface area contributed by atoms with E-state index in [0.717, 1.165) is 10.7 Å². The number of hydrogen-bond acceptors (Lipinski definition) is 4. The van der Waals surface area contributed by atoms with Gasteiger partial charge >= 0.3 is 0 Å². The lowest BCUT2D eigenvalue weighted by atomic mass is 10.2. The number of thiophene rings is 1. The fourth-order valence-corrected chi connectivity index (χ4v) is 1.86. The van der Waals surface area contributed by atoms with E-state index in [0.29, 0.717) is 11.3 Å². The first-order valence-corrected chi connectivity index (χ1v) is 5.28. The Morgan fingerprint density at radius 1 is 1.33 bits per heavy atom. The number of anilines is 3. The predicted octanol–water partition coefficient (Wildman–Crippen LogP) is 2.95. The summed E-state index contributed by atoms with van der Waals surface area (Å²) in [5.41, 5.74) is 7.79. The molecule has 3 nitrogen and oxygen atoms in total. The average Bonchev–Trinajstić information content (AvgIpc) is 2.74. The summed E-state index contributed by atoms with van der Waals surface area (Å²) in [6, 6.07) is 11.2. The summed E-state index contributed by atoms with van der Waals surface area (Å²) >= 11 is 1.60. The molecule has 0 aliphatic rings. The zero-order valence-corrected chi connectivity index (χ0v) is 8.71. The molecule has 74 valence electrons. The molecule has 0 bridgehead atoms. The molecule has 0 spiro atoms. The lowest BCUT2D eigenvalue weighted by Gasteiger charge is -2.06. The maximum Gasteiger partial charge on any atom is 0.0992 e. The second-order valence-electron chi connectivity index (χ2n) is 3.02. The summed E-state index contributed by atoms with van der Waals surface area (Å²) in [5.74, 6) is 0. The van der Waals surface area contributed by atoms with Crippen molar-refractivity contribution in [1.82, 2.24) is 0 Å². The molecule has 1 aromatic heterocycles. The molecule has 1 heterocycles. The van der Waals surface area contributed by atoms with E-state index in [2.05, 4.69) is 5.32 Å². The van der Waals surface area contributed by atoms with Crippen LogP contribution in [0.3, 0.4) is 0 Å². The molecule has 0 aliphatic heterocycles. The summed E-state index contributed by atoms with van der Waals surface area (Å²) in [4.78, 5) is 0. The monoisotopic (exact) mass is 215 g/mol. The van der Waals surface area contributed by atoms with E-state index in [1.807, 2.05) is 29.6 Å². The molecule has 0 saturated carbocycles. The predicted molar refractivity (Wildman–Crippen MR) is 63.2 cm³/mol. The van der Waals surface area contributed by atoms with E-state index in [1.165, 1.54) is 0 Å². The van der Waals surface area contributed by atoms with Gasteiger partial charge in [-0.15, -0.1) is 11.3 Å². The summed E-state index contributed by atoms with van der Waals surface area (Å²) in [5, 5.41) is 14.9. The summed E-state index contributed by atoms with van der Waals surface area (Å²) in [6.45, 7) is 0. The van der Waals surface area contributed by atoms with Crippen molar-refractivity contribution in [1.29, 1.82) is 5.26 Å². The molecule has 0 aliphatic carbocycles. The van der Waals surface area contributed by atoms with Crippen LogP contribution in [0.2, 0.25) is 0 Å². The van der Waals surface area contributed by atoms with Gasteiger partial charge < -0.3 is 11.1 Å². The van der Waals surface area contributed by atoms with E-state index < -0.39 is 0 Å². The van der Waals surface area contributed by atoms with Crippen molar-refractivity contribution >= 4 is 27.7 Å². The van der Waals surface area contributed by atoms with Gasteiger partial charge in [0.25, 0.3) is 0 Å². The SMILES string of the molecule is N#Cc1ccc(Nc2cccs2)c(N)c1. The molecule has 0 saturated heterocycles. The maximum atomic E-state index is 8.69. The first-order valence-electron chi connectivity index (χ1n) is 4.40. The standard InChI is InChI=1S/C11H9N3S/c12-7-8-3-4-10(9(13)6-8)14-11-2-1-5-15-11/h1-6,14H,13H2. The molecule has 0 unspecified atom stereocenters. The van der Waals surface area contributed by atoms with Crippen molar-refractivity contribution < 1.29 is 0 Å². The van der Waals surface area contributed by atoms with Crippen LogP contribution in [0, 0.1) is 11.3 Å². The number of nitrogens with two attached hydrogens (primary N) is 1. The Morgan fingerprint density at radius 2 is 2.20 bits per heavy atom. The molecule has 2 aromatic rings. The molecule has 4 heteroatoms. The zero-order chi connectivity index (χ0) is 10.7. The molecular formula is C11H9N3S.